The lowest BCUT2D eigenvalue weighted by atomic mass is 10.0. The largest absolute Gasteiger partial charge is 0.401 e. The van der Waals surface area contributed by atoms with Crippen LogP contribution >= 0.6 is 0 Å². The molecule has 5 nitrogen and oxygen atoms in total. The molecule has 8 heteroatoms. The summed E-state index contributed by atoms with van der Waals surface area (Å²) in [6.45, 7) is 6.31. The van der Waals surface area contributed by atoms with E-state index in [0.717, 1.165) is 11.5 Å². The van der Waals surface area contributed by atoms with Gasteiger partial charge in [0.1, 0.15) is 6.10 Å². The molecule has 0 radical (unpaired) electrons. The highest BCUT2D eigenvalue weighted by atomic mass is 19.4. The first-order chi connectivity index (χ1) is 12.8. The molecule has 0 bridgehead atoms. The number of hydrogen-bond acceptors (Lipinski definition) is 3. The third-order valence-electron chi connectivity index (χ3n) is 4.43. The van der Waals surface area contributed by atoms with Crippen molar-refractivity contribution in [3.63, 3.8) is 0 Å². The number of aliphatic imine (C=N–C) groups is 1. The number of halogens is 3. The first-order valence-corrected chi connectivity index (χ1v) is 9.26. The lowest BCUT2D eigenvalue weighted by Crippen LogP contribution is -2.48. The maximum absolute atomic E-state index is 12.4. The Hall–Kier alpha value is -1.80. The van der Waals surface area contributed by atoms with Crippen molar-refractivity contribution in [3.05, 3.63) is 35.4 Å². The van der Waals surface area contributed by atoms with Crippen LogP contribution in [0.3, 0.4) is 0 Å². The predicted octanol–water partition coefficient (Wildman–Crippen LogP) is 2.83. The second kappa shape index (κ2) is 9.94. The number of hydrogen-bond donors (Lipinski definition) is 1. The van der Waals surface area contributed by atoms with E-state index in [2.05, 4.69) is 34.3 Å². The lowest BCUT2D eigenvalue weighted by Gasteiger charge is -2.36. The van der Waals surface area contributed by atoms with Crippen molar-refractivity contribution in [1.82, 2.24) is 15.1 Å². The number of alkyl halides is 3. The maximum Gasteiger partial charge on any atom is 0.401 e. The molecule has 1 unspecified atom stereocenters. The van der Waals surface area contributed by atoms with E-state index >= 15 is 0 Å². The third-order valence-corrected chi connectivity index (χ3v) is 4.43. The van der Waals surface area contributed by atoms with Gasteiger partial charge >= 0.3 is 6.18 Å². The van der Waals surface area contributed by atoms with Crippen LogP contribution in [-0.2, 0) is 4.74 Å². The molecule has 1 aliphatic rings. The van der Waals surface area contributed by atoms with E-state index in [1.54, 1.807) is 0 Å². The van der Waals surface area contributed by atoms with E-state index in [0.29, 0.717) is 32.8 Å². The quantitative estimate of drug-likeness (QED) is 0.603. The Labute approximate surface area is 159 Å². The molecule has 0 amide bonds. The second-order valence-corrected chi connectivity index (χ2v) is 6.75. The monoisotopic (exact) mass is 386 g/mol. The number of guanidine groups is 1. The summed E-state index contributed by atoms with van der Waals surface area (Å²) >= 11 is 0. The number of morpholine rings is 1. The van der Waals surface area contributed by atoms with Gasteiger partial charge in [0.2, 0.25) is 0 Å². The van der Waals surface area contributed by atoms with Crippen LogP contribution in [0.25, 0.3) is 0 Å². The van der Waals surface area contributed by atoms with Gasteiger partial charge in [0.15, 0.2) is 5.96 Å². The maximum atomic E-state index is 12.4. The van der Waals surface area contributed by atoms with Crippen LogP contribution in [0.4, 0.5) is 13.2 Å². The van der Waals surface area contributed by atoms with Gasteiger partial charge in [-0.1, -0.05) is 24.3 Å². The molecule has 1 aromatic rings. The van der Waals surface area contributed by atoms with E-state index in [1.807, 2.05) is 19.1 Å². The van der Waals surface area contributed by atoms with Gasteiger partial charge in [0, 0.05) is 19.6 Å². The Morgan fingerprint density at radius 3 is 2.78 bits per heavy atom. The Kier molecular flexibility index (Phi) is 7.91. The van der Waals surface area contributed by atoms with E-state index in [4.69, 9.17) is 4.74 Å². The van der Waals surface area contributed by atoms with Crippen molar-refractivity contribution < 1.29 is 17.9 Å². The number of nitrogens with zero attached hydrogens (tertiary/aromatic N) is 3. The van der Waals surface area contributed by atoms with Crippen LogP contribution in [0.5, 0.6) is 0 Å². The number of likely N-dealkylation sites (N-methyl/N-ethyl adjacent to an activating group) is 1. The molecule has 1 fully saturated rings. The van der Waals surface area contributed by atoms with Crippen LogP contribution in [0.2, 0.25) is 0 Å². The van der Waals surface area contributed by atoms with Gasteiger partial charge < -0.3 is 15.0 Å². The third kappa shape index (κ3) is 7.03. The highest BCUT2D eigenvalue weighted by Gasteiger charge is 2.29. The Bertz CT molecular complexity index is 621. The van der Waals surface area contributed by atoms with Gasteiger partial charge in [-0.05, 0) is 32.0 Å². The highest BCUT2D eigenvalue weighted by molar-refractivity contribution is 5.80. The zero-order chi connectivity index (χ0) is 19.9. The number of rotatable bonds is 6. The molecule has 1 saturated heterocycles. The zero-order valence-electron chi connectivity index (χ0n) is 16.2. The van der Waals surface area contributed by atoms with Crippen molar-refractivity contribution in [2.45, 2.75) is 26.1 Å². The van der Waals surface area contributed by atoms with Gasteiger partial charge in [0.05, 0.1) is 26.2 Å². The fraction of sp³-hybridized carbons (Fsp3) is 0.632. The predicted molar refractivity (Wildman–Crippen MR) is 101 cm³/mol. The Morgan fingerprint density at radius 1 is 1.37 bits per heavy atom. The van der Waals surface area contributed by atoms with Crippen molar-refractivity contribution in [1.29, 1.82) is 0 Å². The molecule has 0 spiro atoms. The summed E-state index contributed by atoms with van der Waals surface area (Å²) in [6, 6.07) is 8.13. The van der Waals surface area contributed by atoms with Crippen LogP contribution in [0, 0.1) is 6.92 Å². The van der Waals surface area contributed by atoms with Crippen LogP contribution in [-0.4, -0.2) is 74.9 Å². The van der Waals surface area contributed by atoms with Gasteiger partial charge in [0.25, 0.3) is 0 Å². The summed E-state index contributed by atoms with van der Waals surface area (Å²) in [5.41, 5.74) is 2.34. The van der Waals surface area contributed by atoms with Crippen molar-refractivity contribution in [2.24, 2.45) is 4.99 Å². The average Bonchev–Trinajstić information content (AvgIpc) is 2.60. The molecule has 1 aliphatic heterocycles. The van der Waals surface area contributed by atoms with Gasteiger partial charge in [-0.3, -0.25) is 9.89 Å². The summed E-state index contributed by atoms with van der Waals surface area (Å²) in [7, 11) is 1.46. The smallest absolute Gasteiger partial charge is 0.370 e. The fourth-order valence-electron chi connectivity index (χ4n) is 3.12. The van der Waals surface area contributed by atoms with E-state index in [1.165, 1.54) is 17.5 Å². The summed E-state index contributed by atoms with van der Waals surface area (Å²) in [4.78, 5) is 7.88. The molecule has 27 heavy (non-hydrogen) atoms. The van der Waals surface area contributed by atoms with E-state index in [9.17, 15) is 13.2 Å². The molecule has 0 aliphatic carbocycles. The Balaban J connectivity index is 1.99. The standard InChI is InChI=1S/C19H29F3N4O/c1-4-23-18(24-9-10-25(3)14-19(20,21)22)26-11-12-27-17(13-26)16-8-6-5-7-15(16)2/h5-8,17H,4,9-14H2,1-3H3,(H,23,24). The molecule has 1 atom stereocenters. The van der Waals surface area contributed by atoms with Crippen LogP contribution in [0.1, 0.15) is 24.2 Å². The van der Waals surface area contributed by atoms with E-state index in [-0.39, 0.29) is 12.6 Å². The number of benzene rings is 1. The minimum atomic E-state index is -4.19. The van der Waals surface area contributed by atoms with E-state index < -0.39 is 12.7 Å². The lowest BCUT2D eigenvalue weighted by molar-refractivity contribution is -0.142. The number of ether oxygens (including phenoxy) is 1. The normalized spacial score (nSPS) is 18.9. The van der Waals surface area contributed by atoms with Gasteiger partial charge in [-0.15, -0.1) is 0 Å². The summed E-state index contributed by atoms with van der Waals surface area (Å²) < 4.78 is 43.2. The zero-order valence-corrected chi connectivity index (χ0v) is 16.2. The fourth-order valence-corrected chi connectivity index (χ4v) is 3.12. The summed E-state index contributed by atoms with van der Waals surface area (Å²) in [5.74, 6) is 0.722. The van der Waals surface area contributed by atoms with Crippen LogP contribution in [0.15, 0.2) is 29.3 Å². The average molecular weight is 386 g/mol. The summed E-state index contributed by atoms with van der Waals surface area (Å²) in [6.07, 6.45) is -4.23. The molecule has 0 aromatic heterocycles. The van der Waals surface area contributed by atoms with Gasteiger partial charge in [-0.2, -0.15) is 13.2 Å². The molecule has 1 aromatic carbocycles. The molecule has 1 heterocycles. The topological polar surface area (TPSA) is 40.1 Å². The minimum absolute atomic E-state index is 0.0447. The number of aryl methyl sites for hydroxylation is 1. The Morgan fingerprint density at radius 2 is 2.11 bits per heavy atom. The molecule has 0 saturated carbocycles. The number of nitrogens with one attached hydrogen (secondary N) is 1. The second-order valence-electron chi connectivity index (χ2n) is 6.75. The molecular weight excluding hydrogens is 357 g/mol. The SMILES string of the molecule is CCNC(=NCCN(C)CC(F)(F)F)N1CCOC(c2ccccc2C)C1. The van der Waals surface area contributed by atoms with Crippen LogP contribution < -0.4 is 5.32 Å². The van der Waals surface area contributed by atoms with Crippen molar-refractivity contribution in [2.75, 3.05) is 52.9 Å². The first kappa shape index (κ1) is 21.5. The minimum Gasteiger partial charge on any atom is -0.370 e. The summed E-state index contributed by atoms with van der Waals surface area (Å²) in [5, 5.41) is 3.24. The highest BCUT2D eigenvalue weighted by Crippen LogP contribution is 2.25. The van der Waals surface area contributed by atoms with Gasteiger partial charge in [-0.25, -0.2) is 0 Å². The molecule has 2 rings (SSSR count). The first-order valence-electron chi connectivity index (χ1n) is 9.26. The van der Waals surface area contributed by atoms with Crippen molar-refractivity contribution in [3.8, 4) is 0 Å². The molecule has 1 N–H and O–H groups in total. The molecular formula is C19H29F3N4O. The molecule has 152 valence electrons. The van der Waals surface area contributed by atoms with Crippen molar-refractivity contribution >= 4 is 5.96 Å².